The maximum Gasteiger partial charge on any atom is 0.411 e. The molecule has 0 aromatic heterocycles. The molecule has 1 heterocycles. The Kier molecular flexibility index (Phi) is 5.17. The smallest absolute Gasteiger partial charge is 0.411 e. The molecule has 0 radical (unpaired) electrons. The van der Waals surface area contributed by atoms with E-state index in [9.17, 15) is 23.5 Å². The van der Waals surface area contributed by atoms with Crippen molar-refractivity contribution < 1.29 is 28.2 Å². The summed E-state index contributed by atoms with van der Waals surface area (Å²) in [5.74, 6) is -3.55. The zero-order valence-corrected chi connectivity index (χ0v) is 15.1. The highest BCUT2D eigenvalue weighted by atomic mass is 79.9. The first-order valence-corrected chi connectivity index (χ1v) is 8.16. The van der Waals surface area contributed by atoms with E-state index in [-0.39, 0.29) is 23.0 Å². The van der Waals surface area contributed by atoms with Gasteiger partial charge in [-0.05, 0) is 55.3 Å². The zero-order chi connectivity index (χ0) is 18.2. The van der Waals surface area contributed by atoms with Crippen LogP contribution in [0.5, 0.6) is 0 Å². The number of halogens is 3. The Hall–Kier alpha value is -1.70. The van der Waals surface area contributed by atoms with Gasteiger partial charge in [0, 0.05) is 18.0 Å². The van der Waals surface area contributed by atoms with Gasteiger partial charge in [0.05, 0.1) is 4.47 Å². The van der Waals surface area contributed by atoms with Gasteiger partial charge in [-0.25, -0.2) is 18.4 Å². The number of nitrogens with zero attached hydrogens (tertiary/aromatic N) is 1. The molecule has 2 rings (SSSR count). The Morgan fingerprint density at radius 2 is 1.96 bits per heavy atom. The van der Waals surface area contributed by atoms with Crippen LogP contribution in [0, 0.1) is 11.6 Å². The molecule has 0 aliphatic carbocycles. The highest BCUT2D eigenvalue weighted by Gasteiger charge is 2.43. The number of ether oxygens (including phenoxy) is 1. The van der Waals surface area contributed by atoms with Crippen LogP contribution >= 0.6 is 15.9 Å². The van der Waals surface area contributed by atoms with E-state index in [4.69, 9.17) is 4.74 Å². The lowest BCUT2D eigenvalue weighted by atomic mass is 9.95. The summed E-state index contributed by atoms with van der Waals surface area (Å²) in [6, 6.07) is 1.15. The third-order valence-electron chi connectivity index (χ3n) is 3.70. The maximum absolute atomic E-state index is 14.3. The van der Waals surface area contributed by atoms with Gasteiger partial charge in [-0.1, -0.05) is 0 Å². The molecule has 1 aliphatic rings. The molecule has 24 heavy (non-hydrogen) atoms. The van der Waals surface area contributed by atoms with Gasteiger partial charge in [-0.2, -0.15) is 0 Å². The molecule has 1 aliphatic heterocycles. The van der Waals surface area contributed by atoms with Crippen molar-refractivity contribution in [3.8, 4) is 0 Å². The van der Waals surface area contributed by atoms with E-state index in [1.54, 1.807) is 20.8 Å². The molecule has 2 atom stereocenters. The van der Waals surface area contributed by atoms with E-state index >= 15 is 0 Å². The van der Waals surface area contributed by atoms with E-state index in [0.29, 0.717) is 0 Å². The minimum absolute atomic E-state index is 0.0845. The molecule has 1 aromatic carbocycles. The third-order valence-corrected chi connectivity index (χ3v) is 4.31. The Labute approximate surface area is 146 Å². The van der Waals surface area contributed by atoms with E-state index in [1.165, 1.54) is 6.07 Å². The number of hydrogen-bond donors (Lipinski definition) is 1. The predicted octanol–water partition coefficient (Wildman–Crippen LogP) is 3.90. The Morgan fingerprint density at radius 1 is 1.33 bits per heavy atom. The van der Waals surface area contributed by atoms with E-state index in [0.717, 1.165) is 11.0 Å². The SMILES string of the molecule is CC(C)(C)OC(=O)N1C[C@@H](c2c(F)ccc(Br)c2F)CC1C(=O)O. The zero-order valence-electron chi connectivity index (χ0n) is 13.5. The monoisotopic (exact) mass is 405 g/mol. The molecule has 0 spiro atoms. The number of carboxylic acids is 1. The fraction of sp³-hybridized carbons (Fsp3) is 0.500. The number of rotatable bonds is 2. The second-order valence-electron chi connectivity index (χ2n) is 6.68. The van der Waals surface area contributed by atoms with Gasteiger partial charge in [0.25, 0.3) is 0 Å². The van der Waals surface area contributed by atoms with Gasteiger partial charge >= 0.3 is 12.1 Å². The normalized spacial score (nSPS) is 21.0. The number of carboxylic acid groups (broad SMARTS) is 1. The first-order valence-electron chi connectivity index (χ1n) is 7.37. The highest BCUT2D eigenvalue weighted by molar-refractivity contribution is 9.10. The van der Waals surface area contributed by atoms with Crippen LogP contribution in [-0.4, -0.2) is 40.3 Å². The van der Waals surface area contributed by atoms with Crippen LogP contribution in [0.3, 0.4) is 0 Å². The van der Waals surface area contributed by atoms with Gasteiger partial charge < -0.3 is 9.84 Å². The molecule has 1 saturated heterocycles. The molecule has 1 N–H and O–H groups in total. The summed E-state index contributed by atoms with van der Waals surface area (Å²) in [6.07, 6.45) is -0.896. The number of amides is 1. The second-order valence-corrected chi connectivity index (χ2v) is 7.53. The van der Waals surface area contributed by atoms with Gasteiger partial charge in [0.1, 0.15) is 23.3 Å². The summed E-state index contributed by atoms with van der Waals surface area (Å²) < 4.78 is 33.6. The van der Waals surface area contributed by atoms with Crippen molar-refractivity contribution in [2.45, 2.75) is 44.8 Å². The Balaban J connectivity index is 2.33. The molecule has 1 fully saturated rings. The van der Waals surface area contributed by atoms with Crippen molar-refractivity contribution in [2.24, 2.45) is 0 Å². The van der Waals surface area contributed by atoms with Crippen LogP contribution in [0.15, 0.2) is 16.6 Å². The number of aliphatic carboxylic acids is 1. The number of hydrogen-bond acceptors (Lipinski definition) is 3. The molecular weight excluding hydrogens is 388 g/mol. The van der Waals surface area contributed by atoms with Crippen LogP contribution in [0.4, 0.5) is 13.6 Å². The van der Waals surface area contributed by atoms with Crippen molar-refractivity contribution in [1.82, 2.24) is 4.90 Å². The fourth-order valence-corrected chi connectivity index (χ4v) is 3.06. The van der Waals surface area contributed by atoms with Crippen molar-refractivity contribution in [2.75, 3.05) is 6.54 Å². The number of benzene rings is 1. The summed E-state index contributed by atoms with van der Waals surface area (Å²) >= 11 is 2.99. The first-order chi connectivity index (χ1) is 11.0. The largest absolute Gasteiger partial charge is 0.480 e. The quantitative estimate of drug-likeness (QED) is 0.757. The summed E-state index contributed by atoms with van der Waals surface area (Å²) in [4.78, 5) is 24.7. The van der Waals surface area contributed by atoms with Crippen molar-refractivity contribution >= 4 is 28.0 Å². The lowest BCUT2D eigenvalue weighted by Gasteiger charge is -2.26. The topological polar surface area (TPSA) is 66.8 Å². The number of carbonyl (C=O) groups is 2. The fourth-order valence-electron chi connectivity index (χ4n) is 2.72. The van der Waals surface area contributed by atoms with E-state index in [2.05, 4.69) is 15.9 Å². The van der Waals surface area contributed by atoms with Crippen LogP contribution in [-0.2, 0) is 9.53 Å². The summed E-state index contributed by atoms with van der Waals surface area (Å²) in [5, 5.41) is 9.34. The van der Waals surface area contributed by atoms with Gasteiger partial charge in [-0.3, -0.25) is 4.90 Å². The molecule has 1 amide bonds. The molecular formula is C16H18BrF2NO4. The number of likely N-dealkylation sites (tertiary alicyclic amines) is 1. The van der Waals surface area contributed by atoms with Crippen molar-refractivity contribution in [3.05, 3.63) is 33.8 Å². The second kappa shape index (κ2) is 6.66. The van der Waals surface area contributed by atoms with Gasteiger partial charge in [0.2, 0.25) is 0 Å². The summed E-state index contributed by atoms with van der Waals surface area (Å²) in [5.41, 5.74) is -1.02. The third kappa shape index (κ3) is 3.85. The minimum atomic E-state index is -1.24. The highest BCUT2D eigenvalue weighted by Crippen LogP contribution is 2.37. The van der Waals surface area contributed by atoms with Crippen molar-refractivity contribution in [1.29, 1.82) is 0 Å². The van der Waals surface area contributed by atoms with Gasteiger partial charge in [-0.15, -0.1) is 0 Å². The van der Waals surface area contributed by atoms with E-state index < -0.39 is 41.3 Å². The number of carbonyl (C=O) groups excluding carboxylic acids is 1. The Morgan fingerprint density at radius 3 is 2.50 bits per heavy atom. The molecule has 0 saturated carbocycles. The minimum Gasteiger partial charge on any atom is -0.480 e. The lowest BCUT2D eigenvalue weighted by Crippen LogP contribution is -2.43. The van der Waals surface area contributed by atoms with E-state index in [1.807, 2.05) is 0 Å². The molecule has 5 nitrogen and oxygen atoms in total. The van der Waals surface area contributed by atoms with Gasteiger partial charge in [0.15, 0.2) is 0 Å². The molecule has 0 bridgehead atoms. The average molecular weight is 406 g/mol. The van der Waals surface area contributed by atoms with Crippen LogP contribution in [0.2, 0.25) is 0 Å². The maximum atomic E-state index is 14.3. The van der Waals surface area contributed by atoms with Crippen LogP contribution in [0.25, 0.3) is 0 Å². The lowest BCUT2D eigenvalue weighted by molar-refractivity contribution is -0.142. The molecule has 1 aromatic rings. The predicted molar refractivity (Wildman–Crippen MR) is 85.8 cm³/mol. The summed E-state index contributed by atoms with van der Waals surface area (Å²) in [7, 11) is 0. The average Bonchev–Trinajstić information content (AvgIpc) is 2.87. The first kappa shape index (κ1) is 18.6. The Bertz CT molecular complexity index is 675. The molecule has 132 valence electrons. The standard InChI is InChI=1S/C16H18BrF2NO4/c1-16(2,3)24-15(23)20-7-8(6-11(20)14(21)22)12-10(18)5-4-9(17)13(12)19/h4-5,8,11H,6-7H2,1-3H3,(H,21,22)/t8-,11?/m0/s1. The van der Waals surface area contributed by atoms with Crippen LogP contribution < -0.4 is 0 Å². The molecule has 1 unspecified atom stereocenters. The molecule has 8 heteroatoms. The van der Waals surface area contributed by atoms with Crippen molar-refractivity contribution in [3.63, 3.8) is 0 Å². The summed E-state index contributed by atoms with van der Waals surface area (Å²) in [6.45, 7) is 4.84. The van der Waals surface area contributed by atoms with Crippen LogP contribution in [0.1, 0.15) is 38.7 Å².